The van der Waals surface area contributed by atoms with Crippen LogP contribution in [-0.4, -0.2) is 62.9 Å². The molecule has 0 heterocycles. The molecule has 0 aromatic carbocycles. The monoisotopic (exact) mass is 223 g/mol. The highest BCUT2D eigenvalue weighted by Gasteiger charge is 2.22. The lowest BCUT2D eigenvalue weighted by atomic mass is 10.6. The van der Waals surface area contributed by atoms with Crippen molar-refractivity contribution in [2.75, 3.05) is 40.1 Å². The maximum atomic E-state index is 11.7. The third-order valence-electron chi connectivity index (χ3n) is 1.95. The molecule has 0 aliphatic rings. The van der Waals surface area contributed by atoms with E-state index < -0.39 is 10.0 Å². The van der Waals surface area contributed by atoms with Gasteiger partial charge in [-0.25, -0.2) is 13.4 Å². The van der Waals surface area contributed by atoms with E-state index in [0.29, 0.717) is 13.1 Å². The molecular weight excluding hydrogens is 202 g/mol. The quantitative estimate of drug-likeness (QED) is 0.596. The third-order valence-corrected chi connectivity index (χ3v) is 3.83. The van der Waals surface area contributed by atoms with Gasteiger partial charge in [0.15, 0.2) is 0 Å². The Balaban J connectivity index is 4.56. The van der Waals surface area contributed by atoms with Crippen LogP contribution in [0.5, 0.6) is 0 Å². The summed E-state index contributed by atoms with van der Waals surface area (Å²) < 4.78 is 24.8. The highest BCUT2D eigenvalue weighted by atomic mass is 32.2. The van der Waals surface area contributed by atoms with Crippen molar-refractivity contribution in [1.29, 1.82) is 0 Å². The minimum absolute atomic E-state index is 0.0417. The molecule has 86 valence electrons. The second kappa shape index (κ2) is 5.65. The molecule has 0 rings (SSSR count). The average Bonchev–Trinajstić information content (AvgIpc) is 2.04. The maximum Gasteiger partial charge on any atom is 0.240 e. The molecule has 0 radical (unpaired) electrons. The molecule has 0 N–H and O–H groups in total. The Kier molecular flexibility index (Phi) is 5.58. The summed E-state index contributed by atoms with van der Waals surface area (Å²) in [6.07, 6.45) is 0. The lowest BCUT2D eigenvalue weighted by molar-refractivity contribution is 0.0967. The molecule has 0 amide bonds. The molecule has 5 nitrogen and oxygen atoms in total. The minimum Gasteiger partial charge on any atom is -0.295 e. The number of nitrogens with zero attached hydrogens (tertiary/aromatic N) is 3. The van der Waals surface area contributed by atoms with Crippen LogP contribution in [0.1, 0.15) is 13.8 Å². The summed E-state index contributed by atoms with van der Waals surface area (Å²) in [6, 6.07) is 0. The molecule has 0 aliphatic heterocycles. The first-order valence-electron chi connectivity index (χ1n) is 4.71. The Morgan fingerprint density at radius 2 is 1.43 bits per heavy atom. The second-order valence-corrected chi connectivity index (χ2v) is 5.34. The number of rotatable bonds is 6. The van der Waals surface area contributed by atoms with Crippen LogP contribution in [0, 0.1) is 0 Å². The summed E-state index contributed by atoms with van der Waals surface area (Å²) in [5.41, 5.74) is 0. The first kappa shape index (κ1) is 13.8. The van der Waals surface area contributed by atoms with Crippen LogP contribution in [0.2, 0.25) is 0 Å². The van der Waals surface area contributed by atoms with Crippen LogP contribution in [0.25, 0.3) is 0 Å². The summed E-state index contributed by atoms with van der Waals surface area (Å²) in [5.74, 6) is 0.0417. The SMILES string of the molecule is CCN(CC)N(C)S(=O)(=O)CN(C)C. The molecule has 0 saturated heterocycles. The fourth-order valence-electron chi connectivity index (χ4n) is 1.21. The molecule has 0 atom stereocenters. The van der Waals surface area contributed by atoms with Crippen LogP contribution in [0.4, 0.5) is 0 Å². The lowest BCUT2D eigenvalue weighted by Crippen LogP contribution is -2.46. The zero-order valence-electron chi connectivity index (χ0n) is 9.69. The second-order valence-electron chi connectivity index (χ2n) is 3.39. The van der Waals surface area contributed by atoms with Crippen LogP contribution in [-0.2, 0) is 10.0 Å². The topological polar surface area (TPSA) is 43.9 Å². The predicted molar refractivity (Wildman–Crippen MR) is 58.2 cm³/mol. The molecule has 0 fully saturated rings. The lowest BCUT2D eigenvalue weighted by Gasteiger charge is -2.29. The highest BCUT2D eigenvalue weighted by molar-refractivity contribution is 7.88. The molecule has 14 heavy (non-hydrogen) atoms. The summed E-state index contributed by atoms with van der Waals surface area (Å²) >= 11 is 0. The van der Waals surface area contributed by atoms with Gasteiger partial charge in [-0.05, 0) is 14.1 Å². The van der Waals surface area contributed by atoms with Gasteiger partial charge < -0.3 is 0 Å². The standard InChI is InChI=1S/C8H21N3O2S/c1-6-11(7-2)10(5)14(12,13)8-9(3)4/h6-8H2,1-5H3. The van der Waals surface area contributed by atoms with Gasteiger partial charge in [-0.1, -0.05) is 13.8 Å². The van der Waals surface area contributed by atoms with E-state index in [1.54, 1.807) is 31.1 Å². The zero-order valence-corrected chi connectivity index (χ0v) is 10.5. The molecule has 6 heteroatoms. The van der Waals surface area contributed by atoms with E-state index in [1.165, 1.54) is 4.41 Å². The normalized spacial score (nSPS) is 13.1. The number of hydrogen-bond acceptors (Lipinski definition) is 4. The van der Waals surface area contributed by atoms with Gasteiger partial charge in [0, 0.05) is 20.1 Å². The fourth-order valence-corrected chi connectivity index (χ4v) is 2.61. The van der Waals surface area contributed by atoms with Gasteiger partial charge in [-0.15, -0.1) is 4.41 Å². The van der Waals surface area contributed by atoms with Crippen molar-refractivity contribution in [2.24, 2.45) is 0 Å². The van der Waals surface area contributed by atoms with E-state index in [4.69, 9.17) is 0 Å². The van der Waals surface area contributed by atoms with Crippen LogP contribution in [0.3, 0.4) is 0 Å². The predicted octanol–water partition coefficient (Wildman–Crippen LogP) is 0.0239. The number of hydrogen-bond donors (Lipinski definition) is 0. The smallest absolute Gasteiger partial charge is 0.240 e. The van der Waals surface area contributed by atoms with Crippen molar-refractivity contribution in [3.05, 3.63) is 0 Å². The van der Waals surface area contributed by atoms with Crippen molar-refractivity contribution in [2.45, 2.75) is 13.8 Å². The van der Waals surface area contributed by atoms with Gasteiger partial charge in [0.05, 0.1) is 0 Å². The highest BCUT2D eigenvalue weighted by Crippen LogP contribution is 2.04. The van der Waals surface area contributed by atoms with Crippen LogP contribution < -0.4 is 0 Å². The summed E-state index contributed by atoms with van der Waals surface area (Å²) in [4.78, 5) is 1.65. The van der Waals surface area contributed by atoms with Crippen molar-refractivity contribution in [3.8, 4) is 0 Å². The van der Waals surface area contributed by atoms with Crippen molar-refractivity contribution in [1.82, 2.24) is 14.3 Å². The molecular formula is C8H21N3O2S. The Morgan fingerprint density at radius 3 is 1.71 bits per heavy atom. The van der Waals surface area contributed by atoms with Crippen molar-refractivity contribution >= 4 is 10.0 Å². The van der Waals surface area contributed by atoms with E-state index in [-0.39, 0.29) is 5.88 Å². The molecule has 0 aromatic heterocycles. The van der Waals surface area contributed by atoms with E-state index in [2.05, 4.69) is 0 Å². The zero-order chi connectivity index (χ0) is 11.4. The molecule has 0 bridgehead atoms. The third kappa shape index (κ3) is 3.91. The van der Waals surface area contributed by atoms with Gasteiger partial charge in [0.1, 0.15) is 5.88 Å². The Hall–Kier alpha value is -0.170. The van der Waals surface area contributed by atoms with Gasteiger partial charge in [0.2, 0.25) is 10.0 Å². The van der Waals surface area contributed by atoms with Crippen LogP contribution >= 0.6 is 0 Å². The van der Waals surface area contributed by atoms with E-state index in [9.17, 15) is 8.42 Å². The molecule has 0 aliphatic carbocycles. The Morgan fingerprint density at radius 1 is 1.00 bits per heavy atom. The largest absolute Gasteiger partial charge is 0.295 e. The average molecular weight is 223 g/mol. The molecule has 0 saturated carbocycles. The van der Waals surface area contributed by atoms with E-state index in [1.807, 2.05) is 13.8 Å². The maximum absolute atomic E-state index is 11.7. The van der Waals surface area contributed by atoms with Crippen molar-refractivity contribution in [3.63, 3.8) is 0 Å². The molecule has 0 aromatic rings. The van der Waals surface area contributed by atoms with Gasteiger partial charge in [-0.3, -0.25) is 4.90 Å². The summed E-state index contributed by atoms with van der Waals surface area (Å²) in [5, 5.41) is 1.78. The first-order valence-corrected chi connectivity index (χ1v) is 6.32. The molecule has 0 unspecified atom stereocenters. The fraction of sp³-hybridized carbons (Fsp3) is 1.00. The van der Waals surface area contributed by atoms with E-state index >= 15 is 0 Å². The Bertz CT molecular complexity index is 247. The molecule has 0 spiro atoms. The summed E-state index contributed by atoms with van der Waals surface area (Å²) in [7, 11) is 1.88. The van der Waals surface area contributed by atoms with Gasteiger partial charge in [-0.2, -0.15) is 0 Å². The Labute approximate surface area is 87.3 Å². The van der Waals surface area contributed by atoms with Crippen LogP contribution in [0.15, 0.2) is 0 Å². The minimum atomic E-state index is -3.20. The van der Waals surface area contributed by atoms with Gasteiger partial charge >= 0.3 is 0 Å². The first-order chi connectivity index (χ1) is 6.35. The summed E-state index contributed by atoms with van der Waals surface area (Å²) in [6.45, 7) is 5.26. The van der Waals surface area contributed by atoms with Gasteiger partial charge in [0.25, 0.3) is 0 Å². The number of sulfonamides is 1. The van der Waals surface area contributed by atoms with Crippen molar-refractivity contribution < 1.29 is 8.42 Å². The number of hydrazine groups is 1. The van der Waals surface area contributed by atoms with E-state index in [0.717, 1.165) is 0 Å².